The largest absolute Gasteiger partial charge is 0.208 e. The second-order valence-electron chi connectivity index (χ2n) is 13.5. The molecule has 218 valence electrons. The number of hydrogen-bond donors (Lipinski definition) is 0. The third-order valence-electron chi connectivity index (χ3n) is 9.88. The van der Waals surface area contributed by atoms with E-state index >= 15 is 0 Å². The third kappa shape index (κ3) is 5.55. The topological polar surface area (TPSA) is 62.5 Å². The zero-order chi connectivity index (χ0) is 30.3. The fourth-order valence-electron chi connectivity index (χ4n) is 8.06. The van der Waals surface area contributed by atoms with Gasteiger partial charge in [-0.25, -0.2) is 15.0 Å². The summed E-state index contributed by atoms with van der Waals surface area (Å²) in [5, 5.41) is 10.0. The molecule has 2 bridgehead atoms. The second-order valence-corrected chi connectivity index (χ2v) is 13.5. The minimum atomic E-state index is 0.108. The molecule has 0 amide bonds. The van der Waals surface area contributed by atoms with Crippen molar-refractivity contribution in [1.82, 2.24) is 15.0 Å². The number of nitriles is 1. The van der Waals surface area contributed by atoms with Gasteiger partial charge in [-0.05, 0) is 96.6 Å². The average molecular weight is 575 g/mol. The predicted octanol–water partition coefficient (Wildman–Crippen LogP) is 9.82. The molecular formula is C40H38N4. The Morgan fingerprint density at radius 3 is 1.82 bits per heavy atom. The number of benzene rings is 4. The van der Waals surface area contributed by atoms with Crippen molar-refractivity contribution in [2.24, 2.45) is 17.8 Å². The average Bonchev–Trinajstić information content (AvgIpc) is 3.04. The van der Waals surface area contributed by atoms with Gasteiger partial charge in [-0.3, -0.25) is 0 Å². The van der Waals surface area contributed by atoms with Gasteiger partial charge in [0.25, 0.3) is 0 Å². The third-order valence-corrected chi connectivity index (χ3v) is 9.88. The van der Waals surface area contributed by atoms with Gasteiger partial charge < -0.3 is 0 Å². The van der Waals surface area contributed by atoms with Crippen molar-refractivity contribution in [1.29, 1.82) is 5.26 Å². The first-order valence-electron chi connectivity index (χ1n) is 15.9. The first-order chi connectivity index (χ1) is 21.4. The highest BCUT2D eigenvalue weighted by Gasteiger charge is 2.42. The molecule has 2 aliphatic rings. The Kier molecular flexibility index (Phi) is 7.34. The molecule has 1 heterocycles. The Bertz CT molecular complexity index is 1780. The molecule has 0 aliphatic heterocycles. The Balaban J connectivity index is 1.27. The standard InChI is InChI=1S/C40H38N4/c1-26-16-28-19-29(17-26)24-40(3,23-28)35-21-30(25-41)20-34(22-35)33-14-15-36(27(2)18-33)39-43-37(31-10-6-4-7-11-31)42-38(44-39)32-12-8-5-9-13-32/h4-15,18,20-22,26,28-29H,16-17,19,23-24H2,1-3H3/t26-,28+,29?,40?/m1/s1. The van der Waals surface area contributed by atoms with Crippen molar-refractivity contribution < 1.29 is 0 Å². The number of hydrogen-bond acceptors (Lipinski definition) is 4. The molecule has 0 N–H and O–H groups in total. The lowest BCUT2D eigenvalue weighted by Gasteiger charge is -2.47. The van der Waals surface area contributed by atoms with Crippen LogP contribution < -0.4 is 0 Å². The van der Waals surface area contributed by atoms with Gasteiger partial charge in [-0.2, -0.15) is 5.26 Å². The maximum absolute atomic E-state index is 10.0. The number of rotatable bonds is 5. The monoisotopic (exact) mass is 574 g/mol. The van der Waals surface area contributed by atoms with E-state index in [0.717, 1.165) is 56.7 Å². The summed E-state index contributed by atoms with van der Waals surface area (Å²) in [6, 6.07) is 35.6. The van der Waals surface area contributed by atoms with Crippen LogP contribution in [0, 0.1) is 36.0 Å². The normalized spacial score (nSPS) is 22.7. The van der Waals surface area contributed by atoms with Crippen LogP contribution in [0.4, 0.5) is 0 Å². The molecule has 2 fully saturated rings. The van der Waals surface area contributed by atoms with Gasteiger partial charge in [0.05, 0.1) is 11.6 Å². The Morgan fingerprint density at radius 1 is 0.659 bits per heavy atom. The van der Waals surface area contributed by atoms with Crippen molar-refractivity contribution in [3.05, 3.63) is 114 Å². The smallest absolute Gasteiger partial charge is 0.164 e. The van der Waals surface area contributed by atoms with Crippen LogP contribution in [0.15, 0.2) is 97.1 Å². The van der Waals surface area contributed by atoms with E-state index in [4.69, 9.17) is 15.0 Å². The lowest BCUT2D eigenvalue weighted by atomic mass is 9.57. The number of aromatic nitrogens is 3. The fraction of sp³-hybridized carbons (Fsp3) is 0.300. The molecular weight excluding hydrogens is 536 g/mol. The van der Waals surface area contributed by atoms with Crippen LogP contribution in [0.3, 0.4) is 0 Å². The molecule has 0 spiro atoms. The van der Waals surface area contributed by atoms with Gasteiger partial charge >= 0.3 is 0 Å². The molecule has 4 nitrogen and oxygen atoms in total. The molecule has 1 aromatic heterocycles. The summed E-state index contributed by atoms with van der Waals surface area (Å²) in [6.45, 7) is 6.98. The van der Waals surface area contributed by atoms with E-state index < -0.39 is 0 Å². The molecule has 5 aromatic rings. The van der Waals surface area contributed by atoms with Gasteiger partial charge in [-0.15, -0.1) is 0 Å². The summed E-state index contributed by atoms with van der Waals surface area (Å²) in [6.07, 6.45) is 6.49. The SMILES string of the molecule is Cc1cc(-c2cc(C#N)cc(C3(C)CC4C[C@H](C)C[C@@H](C4)C3)c2)ccc1-c1nc(-c2ccccc2)nc(-c2ccccc2)n1. The zero-order valence-electron chi connectivity index (χ0n) is 25.8. The van der Waals surface area contributed by atoms with Gasteiger partial charge in [0.15, 0.2) is 17.5 Å². The summed E-state index contributed by atoms with van der Waals surface area (Å²) < 4.78 is 0. The summed E-state index contributed by atoms with van der Waals surface area (Å²) in [7, 11) is 0. The maximum atomic E-state index is 10.0. The molecule has 4 heteroatoms. The lowest BCUT2D eigenvalue weighted by molar-refractivity contribution is 0.0899. The van der Waals surface area contributed by atoms with E-state index in [-0.39, 0.29) is 5.41 Å². The summed E-state index contributed by atoms with van der Waals surface area (Å²) in [5.41, 5.74) is 8.35. The van der Waals surface area contributed by atoms with Gasteiger partial charge in [0.2, 0.25) is 0 Å². The lowest BCUT2D eigenvalue weighted by Crippen LogP contribution is -2.38. The van der Waals surface area contributed by atoms with Crippen molar-refractivity contribution in [3.8, 4) is 51.4 Å². The van der Waals surface area contributed by atoms with Crippen LogP contribution in [-0.4, -0.2) is 15.0 Å². The number of fused-ring (bicyclic) bond motifs is 2. The number of nitrogens with zero attached hydrogens (tertiary/aromatic N) is 4. The molecule has 7 rings (SSSR count). The molecule has 4 aromatic carbocycles. The predicted molar refractivity (Wildman–Crippen MR) is 178 cm³/mol. The van der Waals surface area contributed by atoms with E-state index in [0.29, 0.717) is 17.5 Å². The Morgan fingerprint density at radius 2 is 1.25 bits per heavy atom. The van der Waals surface area contributed by atoms with Crippen molar-refractivity contribution in [2.75, 3.05) is 0 Å². The fourth-order valence-corrected chi connectivity index (χ4v) is 8.06. The molecule has 2 aliphatic carbocycles. The van der Waals surface area contributed by atoms with E-state index in [9.17, 15) is 5.26 Å². The highest BCUT2D eigenvalue weighted by Crippen LogP contribution is 2.51. The molecule has 4 atom stereocenters. The Labute approximate surface area is 260 Å². The molecule has 0 radical (unpaired) electrons. The quantitative estimate of drug-likeness (QED) is 0.210. The molecule has 2 saturated carbocycles. The van der Waals surface area contributed by atoms with Crippen LogP contribution in [0.1, 0.15) is 62.6 Å². The van der Waals surface area contributed by atoms with Gasteiger partial charge in [0, 0.05) is 16.7 Å². The Hall–Kier alpha value is -4.62. The summed E-state index contributed by atoms with van der Waals surface area (Å²) in [5.74, 6) is 4.39. The van der Waals surface area contributed by atoms with Gasteiger partial charge in [-0.1, -0.05) is 98.8 Å². The van der Waals surface area contributed by atoms with E-state index in [1.807, 2.05) is 66.7 Å². The van der Waals surface area contributed by atoms with E-state index in [1.165, 1.54) is 37.7 Å². The minimum absolute atomic E-state index is 0.108. The summed E-state index contributed by atoms with van der Waals surface area (Å²) in [4.78, 5) is 14.7. The first kappa shape index (κ1) is 28.2. The maximum Gasteiger partial charge on any atom is 0.164 e. The van der Waals surface area contributed by atoms with E-state index in [2.05, 4.69) is 57.2 Å². The zero-order valence-corrected chi connectivity index (χ0v) is 25.8. The minimum Gasteiger partial charge on any atom is -0.208 e. The van der Waals surface area contributed by atoms with Crippen molar-refractivity contribution >= 4 is 0 Å². The second kappa shape index (κ2) is 11.5. The first-order valence-corrected chi connectivity index (χ1v) is 15.9. The van der Waals surface area contributed by atoms with Crippen LogP contribution in [-0.2, 0) is 5.41 Å². The highest BCUT2D eigenvalue weighted by molar-refractivity contribution is 5.74. The molecule has 44 heavy (non-hydrogen) atoms. The van der Waals surface area contributed by atoms with Crippen molar-refractivity contribution in [2.45, 2.75) is 58.3 Å². The van der Waals surface area contributed by atoms with Crippen LogP contribution in [0.25, 0.3) is 45.3 Å². The van der Waals surface area contributed by atoms with Crippen LogP contribution in [0.5, 0.6) is 0 Å². The number of aryl methyl sites for hydroxylation is 1. The van der Waals surface area contributed by atoms with E-state index in [1.54, 1.807) is 0 Å². The van der Waals surface area contributed by atoms with Gasteiger partial charge in [0.1, 0.15) is 0 Å². The molecule has 0 saturated heterocycles. The summed E-state index contributed by atoms with van der Waals surface area (Å²) >= 11 is 0. The van der Waals surface area contributed by atoms with Crippen molar-refractivity contribution in [3.63, 3.8) is 0 Å². The molecule has 2 unspecified atom stereocenters. The highest BCUT2D eigenvalue weighted by atomic mass is 15.0. The van der Waals surface area contributed by atoms with Crippen LogP contribution >= 0.6 is 0 Å². The van der Waals surface area contributed by atoms with Crippen LogP contribution in [0.2, 0.25) is 0 Å².